The van der Waals surface area contributed by atoms with Gasteiger partial charge in [0.2, 0.25) is 5.91 Å². The summed E-state index contributed by atoms with van der Waals surface area (Å²) in [6.07, 6.45) is 1.27. The van der Waals surface area contributed by atoms with Gasteiger partial charge in [0, 0.05) is 23.5 Å². The number of thiazole rings is 1. The maximum absolute atomic E-state index is 11.9. The molecule has 2 aromatic heterocycles. The van der Waals surface area contributed by atoms with Crippen molar-refractivity contribution < 1.29 is 4.79 Å². The molecule has 0 bridgehead atoms. The van der Waals surface area contributed by atoms with Gasteiger partial charge in [-0.2, -0.15) is 5.10 Å². The summed E-state index contributed by atoms with van der Waals surface area (Å²) in [7, 11) is 0. The van der Waals surface area contributed by atoms with Crippen molar-refractivity contribution in [3.63, 3.8) is 0 Å². The van der Waals surface area contributed by atoms with Crippen LogP contribution in [0, 0.1) is 20.8 Å². The molecule has 5 nitrogen and oxygen atoms in total. The number of aryl methyl sites for hydroxylation is 4. The van der Waals surface area contributed by atoms with E-state index in [2.05, 4.69) is 22.3 Å². The van der Waals surface area contributed by atoms with Gasteiger partial charge >= 0.3 is 0 Å². The van der Waals surface area contributed by atoms with Crippen LogP contribution in [0.4, 0.5) is 0 Å². The predicted molar refractivity (Wildman–Crippen MR) is 84.6 cm³/mol. The Hall–Kier alpha value is -1.69. The number of hydrogen-bond acceptors (Lipinski definition) is 4. The second-order valence-corrected chi connectivity index (χ2v) is 6.33. The minimum absolute atomic E-state index is 0.0798. The Balaban J connectivity index is 1.78. The molecule has 21 heavy (non-hydrogen) atoms. The SMILES string of the molecule is Cc1cc(C)n([C@H](C)CNC(=O)CCc2scnc2C)n1. The largest absolute Gasteiger partial charge is 0.354 e. The van der Waals surface area contributed by atoms with Crippen LogP contribution in [0.2, 0.25) is 0 Å². The average molecular weight is 306 g/mol. The molecule has 0 spiro atoms. The van der Waals surface area contributed by atoms with Crippen molar-refractivity contribution in [3.8, 4) is 0 Å². The third-order valence-electron chi connectivity index (χ3n) is 3.48. The molecule has 0 unspecified atom stereocenters. The van der Waals surface area contributed by atoms with Crippen molar-refractivity contribution in [1.82, 2.24) is 20.1 Å². The summed E-state index contributed by atoms with van der Waals surface area (Å²) in [6.45, 7) is 8.65. The van der Waals surface area contributed by atoms with Crippen LogP contribution in [-0.4, -0.2) is 27.2 Å². The van der Waals surface area contributed by atoms with Gasteiger partial charge in [0.05, 0.1) is 22.9 Å². The van der Waals surface area contributed by atoms with E-state index in [1.807, 2.05) is 37.0 Å². The molecule has 2 aromatic rings. The number of rotatable bonds is 6. The van der Waals surface area contributed by atoms with Crippen molar-refractivity contribution in [2.24, 2.45) is 0 Å². The number of carbonyl (C=O) groups is 1. The van der Waals surface area contributed by atoms with Gasteiger partial charge in [-0.1, -0.05) is 0 Å². The molecule has 0 aliphatic rings. The first-order chi connectivity index (χ1) is 9.97. The fourth-order valence-electron chi connectivity index (χ4n) is 2.32. The van der Waals surface area contributed by atoms with Crippen molar-refractivity contribution in [2.75, 3.05) is 6.54 Å². The molecule has 0 saturated carbocycles. The van der Waals surface area contributed by atoms with Crippen LogP contribution in [0.25, 0.3) is 0 Å². The molecule has 0 saturated heterocycles. The summed E-state index contributed by atoms with van der Waals surface area (Å²) in [5.41, 5.74) is 4.98. The molecule has 2 rings (SSSR count). The van der Waals surface area contributed by atoms with E-state index < -0.39 is 0 Å². The molecule has 0 aromatic carbocycles. The van der Waals surface area contributed by atoms with E-state index >= 15 is 0 Å². The van der Waals surface area contributed by atoms with E-state index in [9.17, 15) is 4.79 Å². The summed E-state index contributed by atoms with van der Waals surface area (Å²) in [5.74, 6) is 0.0798. The number of aromatic nitrogens is 3. The Morgan fingerprint density at radius 1 is 1.43 bits per heavy atom. The lowest BCUT2D eigenvalue weighted by molar-refractivity contribution is -0.121. The first-order valence-electron chi connectivity index (χ1n) is 7.15. The molecular weight excluding hydrogens is 284 g/mol. The highest BCUT2D eigenvalue weighted by Gasteiger charge is 2.11. The molecule has 0 fully saturated rings. The van der Waals surface area contributed by atoms with Gasteiger partial charge in [0.25, 0.3) is 0 Å². The molecular formula is C15H22N4OS. The Kier molecular flexibility index (Phi) is 5.12. The topological polar surface area (TPSA) is 59.8 Å². The summed E-state index contributed by atoms with van der Waals surface area (Å²) >= 11 is 1.61. The van der Waals surface area contributed by atoms with Gasteiger partial charge in [-0.05, 0) is 40.2 Å². The molecule has 1 amide bonds. The molecule has 114 valence electrons. The quantitative estimate of drug-likeness (QED) is 0.892. The van der Waals surface area contributed by atoms with Crippen molar-refractivity contribution in [3.05, 3.63) is 33.5 Å². The van der Waals surface area contributed by atoms with E-state index in [0.29, 0.717) is 13.0 Å². The standard InChI is InChI=1S/C15H22N4OS/c1-10-7-11(2)19(18-10)12(3)8-16-15(20)6-5-14-13(4)17-9-21-14/h7,9,12H,5-6,8H2,1-4H3,(H,16,20)/t12-/m1/s1. The third-order valence-corrected chi connectivity index (χ3v) is 4.48. The minimum Gasteiger partial charge on any atom is -0.354 e. The van der Waals surface area contributed by atoms with Crippen LogP contribution in [0.3, 0.4) is 0 Å². The van der Waals surface area contributed by atoms with E-state index in [-0.39, 0.29) is 11.9 Å². The first-order valence-corrected chi connectivity index (χ1v) is 8.03. The van der Waals surface area contributed by atoms with Gasteiger partial charge in [-0.25, -0.2) is 4.98 Å². The Morgan fingerprint density at radius 3 is 2.76 bits per heavy atom. The van der Waals surface area contributed by atoms with E-state index in [1.165, 1.54) is 4.88 Å². The number of nitrogens with one attached hydrogen (secondary N) is 1. The zero-order chi connectivity index (χ0) is 15.4. The second-order valence-electron chi connectivity index (χ2n) is 5.39. The van der Waals surface area contributed by atoms with Gasteiger partial charge in [-0.3, -0.25) is 9.48 Å². The van der Waals surface area contributed by atoms with Crippen molar-refractivity contribution in [2.45, 2.75) is 46.6 Å². The van der Waals surface area contributed by atoms with Crippen molar-refractivity contribution in [1.29, 1.82) is 0 Å². The monoisotopic (exact) mass is 306 g/mol. The third kappa shape index (κ3) is 4.14. The summed E-state index contributed by atoms with van der Waals surface area (Å²) in [6, 6.07) is 2.21. The van der Waals surface area contributed by atoms with Crippen molar-refractivity contribution >= 4 is 17.2 Å². The lowest BCUT2D eigenvalue weighted by atomic mass is 10.2. The second kappa shape index (κ2) is 6.85. The van der Waals surface area contributed by atoms with Gasteiger partial charge in [0.1, 0.15) is 0 Å². The summed E-state index contributed by atoms with van der Waals surface area (Å²) < 4.78 is 1.96. The Bertz CT molecular complexity index is 617. The zero-order valence-corrected chi connectivity index (χ0v) is 13.8. The highest BCUT2D eigenvalue weighted by molar-refractivity contribution is 7.09. The number of nitrogens with zero attached hydrogens (tertiary/aromatic N) is 3. The van der Waals surface area contributed by atoms with Gasteiger partial charge < -0.3 is 5.32 Å². The van der Waals surface area contributed by atoms with Crippen LogP contribution < -0.4 is 5.32 Å². The summed E-state index contributed by atoms with van der Waals surface area (Å²) in [4.78, 5) is 17.3. The highest BCUT2D eigenvalue weighted by Crippen LogP contribution is 2.14. The van der Waals surface area contributed by atoms with Crippen LogP contribution in [-0.2, 0) is 11.2 Å². The summed E-state index contributed by atoms with van der Waals surface area (Å²) in [5, 5.41) is 7.43. The number of carbonyl (C=O) groups excluding carboxylic acids is 1. The fraction of sp³-hybridized carbons (Fsp3) is 0.533. The smallest absolute Gasteiger partial charge is 0.220 e. The van der Waals surface area contributed by atoms with Crippen LogP contribution >= 0.6 is 11.3 Å². The lowest BCUT2D eigenvalue weighted by Gasteiger charge is -2.15. The van der Waals surface area contributed by atoms with Gasteiger partial charge in [-0.15, -0.1) is 11.3 Å². The zero-order valence-electron chi connectivity index (χ0n) is 13.0. The van der Waals surface area contributed by atoms with E-state index in [4.69, 9.17) is 0 Å². The highest BCUT2D eigenvalue weighted by atomic mass is 32.1. The maximum Gasteiger partial charge on any atom is 0.220 e. The van der Waals surface area contributed by atoms with Gasteiger partial charge in [0.15, 0.2) is 0 Å². The van der Waals surface area contributed by atoms with Crippen LogP contribution in [0.15, 0.2) is 11.6 Å². The molecule has 2 heterocycles. The molecule has 0 radical (unpaired) electrons. The van der Waals surface area contributed by atoms with Crippen LogP contribution in [0.1, 0.15) is 41.3 Å². The Labute approximate surface area is 129 Å². The normalized spacial score (nSPS) is 12.4. The predicted octanol–water partition coefficient (Wildman–Crippen LogP) is 2.57. The van der Waals surface area contributed by atoms with Crippen LogP contribution in [0.5, 0.6) is 0 Å². The van der Waals surface area contributed by atoms with E-state index in [0.717, 1.165) is 23.5 Å². The molecule has 1 atom stereocenters. The fourth-order valence-corrected chi connectivity index (χ4v) is 3.10. The minimum atomic E-state index is 0.0798. The molecule has 1 N–H and O–H groups in total. The Morgan fingerprint density at radius 2 is 2.19 bits per heavy atom. The van der Waals surface area contributed by atoms with E-state index in [1.54, 1.807) is 11.3 Å². The number of hydrogen-bond donors (Lipinski definition) is 1. The first kappa shape index (κ1) is 15.7. The number of amides is 1. The lowest BCUT2D eigenvalue weighted by Crippen LogP contribution is -2.30. The molecule has 0 aliphatic heterocycles. The molecule has 0 aliphatic carbocycles. The average Bonchev–Trinajstić information content (AvgIpc) is 2.99. The maximum atomic E-state index is 11.9. The molecule has 6 heteroatoms.